The molecule has 0 aliphatic heterocycles. The standard InChI is InChI=1S/C14H16N2O6/c1-9(17)5-6-12(14(19)20)15-13(18)8-10-3-2-4-11(7-10)16(21)22/h2-4,7,12H,5-6,8H2,1H3,(H,15,18)(H,19,20)/t12-/m1/s1. The van der Waals surface area contributed by atoms with Crippen LogP contribution < -0.4 is 5.32 Å². The Morgan fingerprint density at radius 1 is 1.36 bits per heavy atom. The van der Waals surface area contributed by atoms with Crippen molar-refractivity contribution in [3.05, 3.63) is 39.9 Å². The summed E-state index contributed by atoms with van der Waals surface area (Å²) in [6, 6.07) is 4.39. The molecule has 0 radical (unpaired) electrons. The minimum absolute atomic E-state index is 0.00530. The van der Waals surface area contributed by atoms with Crippen molar-refractivity contribution in [3.8, 4) is 0 Å². The van der Waals surface area contributed by atoms with Gasteiger partial charge in [0, 0.05) is 18.6 Å². The molecule has 0 aromatic heterocycles. The van der Waals surface area contributed by atoms with Crippen LogP contribution in [0.2, 0.25) is 0 Å². The van der Waals surface area contributed by atoms with E-state index in [2.05, 4.69) is 5.32 Å². The van der Waals surface area contributed by atoms with Gasteiger partial charge in [-0.25, -0.2) is 4.79 Å². The van der Waals surface area contributed by atoms with Crippen LogP contribution in [0.1, 0.15) is 25.3 Å². The summed E-state index contributed by atoms with van der Waals surface area (Å²) < 4.78 is 0. The second-order valence-electron chi connectivity index (χ2n) is 4.80. The van der Waals surface area contributed by atoms with Crippen molar-refractivity contribution in [1.29, 1.82) is 0 Å². The van der Waals surface area contributed by atoms with Crippen LogP contribution in [0.25, 0.3) is 0 Å². The zero-order valence-corrected chi connectivity index (χ0v) is 11.9. The van der Waals surface area contributed by atoms with Crippen LogP contribution in [0, 0.1) is 10.1 Å². The van der Waals surface area contributed by atoms with Crippen molar-refractivity contribution < 1.29 is 24.4 Å². The highest BCUT2D eigenvalue weighted by atomic mass is 16.6. The Morgan fingerprint density at radius 3 is 2.59 bits per heavy atom. The summed E-state index contributed by atoms with van der Waals surface area (Å²) in [5.74, 6) is -1.97. The lowest BCUT2D eigenvalue weighted by Crippen LogP contribution is -2.41. The number of nitro groups is 1. The summed E-state index contributed by atoms with van der Waals surface area (Å²) in [6.07, 6.45) is -0.120. The average Bonchev–Trinajstić information content (AvgIpc) is 2.43. The molecule has 0 saturated heterocycles. The number of amides is 1. The molecule has 0 fully saturated rings. The SMILES string of the molecule is CC(=O)CC[C@@H](NC(=O)Cc1cccc([N+](=O)[O-])c1)C(=O)O. The van der Waals surface area contributed by atoms with Gasteiger partial charge in [-0.1, -0.05) is 12.1 Å². The minimum Gasteiger partial charge on any atom is -0.480 e. The summed E-state index contributed by atoms with van der Waals surface area (Å²) in [7, 11) is 0. The second-order valence-corrected chi connectivity index (χ2v) is 4.80. The van der Waals surface area contributed by atoms with E-state index in [0.717, 1.165) is 0 Å². The van der Waals surface area contributed by atoms with Crippen LogP contribution in [0.4, 0.5) is 5.69 Å². The minimum atomic E-state index is -1.23. The number of benzene rings is 1. The highest BCUT2D eigenvalue weighted by Gasteiger charge is 2.20. The molecule has 22 heavy (non-hydrogen) atoms. The van der Waals surface area contributed by atoms with Gasteiger partial charge in [0.1, 0.15) is 11.8 Å². The first kappa shape index (κ1) is 17.3. The Balaban J connectivity index is 2.67. The van der Waals surface area contributed by atoms with Crippen molar-refractivity contribution >= 4 is 23.3 Å². The van der Waals surface area contributed by atoms with Crippen molar-refractivity contribution in [1.82, 2.24) is 5.32 Å². The molecule has 1 aromatic carbocycles. The second kappa shape index (κ2) is 7.87. The van der Waals surface area contributed by atoms with Crippen LogP contribution in [0.5, 0.6) is 0 Å². The molecular formula is C14H16N2O6. The normalized spacial score (nSPS) is 11.5. The van der Waals surface area contributed by atoms with E-state index in [4.69, 9.17) is 5.11 Å². The monoisotopic (exact) mass is 308 g/mol. The Labute approximate surface area is 126 Å². The van der Waals surface area contributed by atoms with E-state index < -0.39 is 22.8 Å². The van der Waals surface area contributed by atoms with Crippen LogP contribution in [-0.2, 0) is 20.8 Å². The first-order chi connectivity index (χ1) is 10.3. The van der Waals surface area contributed by atoms with Gasteiger partial charge in [-0.3, -0.25) is 14.9 Å². The maximum Gasteiger partial charge on any atom is 0.326 e. The predicted octanol–water partition coefficient (Wildman–Crippen LogP) is 1.08. The number of nitro benzene ring substituents is 1. The lowest BCUT2D eigenvalue weighted by atomic mass is 10.1. The number of carbonyl (C=O) groups is 3. The molecule has 0 aliphatic rings. The van der Waals surface area contributed by atoms with Gasteiger partial charge in [0.2, 0.25) is 5.91 Å². The molecule has 2 N–H and O–H groups in total. The van der Waals surface area contributed by atoms with Crippen LogP contribution in [-0.4, -0.2) is 33.7 Å². The van der Waals surface area contributed by atoms with Gasteiger partial charge >= 0.3 is 5.97 Å². The molecule has 0 unspecified atom stereocenters. The zero-order valence-electron chi connectivity index (χ0n) is 11.9. The van der Waals surface area contributed by atoms with Crippen molar-refractivity contribution in [2.24, 2.45) is 0 Å². The highest BCUT2D eigenvalue weighted by molar-refractivity contribution is 5.85. The number of Topliss-reactive ketones (excluding diaryl/α,β-unsaturated/α-hetero) is 1. The van der Waals surface area contributed by atoms with Crippen LogP contribution in [0.15, 0.2) is 24.3 Å². The first-order valence-electron chi connectivity index (χ1n) is 6.54. The van der Waals surface area contributed by atoms with Gasteiger partial charge in [-0.05, 0) is 18.9 Å². The van der Waals surface area contributed by atoms with Gasteiger partial charge in [0.25, 0.3) is 5.69 Å². The van der Waals surface area contributed by atoms with Crippen LogP contribution in [0.3, 0.4) is 0 Å². The Bertz CT molecular complexity index is 599. The fraction of sp³-hybridized carbons (Fsp3) is 0.357. The Morgan fingerprint density at radius 2 is 2.05 bits per heavy atom. The van der Waals surface area contributed by atoms with Gasteiger partial charge in [0.15, 0.2) is 0 Å². The number of hydrogen-bond donors (Lipinski definition) is 2. The van der Waals surface area contributed by atoms with E-state index >= 15 is 0 Å². The summed E-state index contributed by atoms with van der Waals surface area (Å²) in [5, 5.41) is 22.0. The van der Waals surface area contributed by atoms with Gasteiger partial charge in [-0.2, -0.15) is 0 Å². The zero-order chi connectivity index (χ0) is 16.7. The number of rotatable bonds is 8. The summed E-state index contributed by atoms with van der Waals surface area (Å²) in [6.45, 7) is 1.34. The molecule has 8 heteroatoms. The Kier molecular flexibility index (Phi) is 6.18. The summed E-state index contributed by atoms with van der Waals surface area (Å²) >= 11 is 0. The van der Waals surface area contributed by atoms with Crippen LogP contribution >= 0.6 is 0 Å². The third-order valence-corrected chi connectivity index (χ3v) is 2.90. The number of nitrogens with zero attached hydrogens (tertiary/aromatic N) is 1. The van der Waals surface area contributed by atoms with E-state index in [1.54, 1.807) is 0 Å². The number of aliphatic carboxylic acids is 1. The maximum absolute atomic E-state index is 11.8. The van der Waals surface area contributed by atoms with Gasteiger partial charge in [0.05, 0.1) is 11.3 Å². The van der Waals surface area contributed by atoms with E-state index in [-0.39, 0.29) is 30.7 Å². The number of ketones is 1. The maximum atomic E-state index is 11.8. The molecule has 0 saturated carbocycles. The number of carbonyl (C=O) groups excluding carboxylic acids is 2. The Hall–Kier alpha value is -2.77. The molecule has 1 rings (SSSR count). The lowest BCUT2D eigenvalue weighted by Gasteiger charge is -2.13. The summed E-state index contributed by atoms with van der Waals surface area (Å²) in [5.41, 5.74) is 0.263. The van der Waals surface area contributed by atoms with Gasteiger partial charge < -0.3 is 15.2 Å². The molecule has 1 aromatic rings. The predicted molar refractivity (Wildman–Crippen MR) is 76.3 cm³/mol. The summed E-state index contributed by atoms with van der Waals surface area (Å²) in [4.78, 5) is 43.8. The number of non-ortho nitro benzene ring substituents is 1. The van der Waals surface area contributed by atoms with E-state index in [9.17, 15) is 24.5 Å². The number of carboxylic acid groups (broad SMARTS) is 1. The topological polar surface area (TPSA) is 127 Å². The molecule has 8 nitrogen and oxygen atoms in total. The number of carboxylic acids is 1. The number of hydrogen-bond acceptors (Lipinski definition) is 5. The van der Waals surface area contributed by atoms with Crippen molar-refractivity contribution in [3.63, 3.8) is 0 Å². The number of nitrogens with one attached hydrogen (secondary N) is 1. The highest BCUT2D eigenvalue weighted by Crippen LogP contribution is 2.13. The molecule has 0 bridgehead atoms. The molecule has 0 aliphatic carbocycles. The largest absolute Gasteiger partial charge is 0.480 e. The average molecular weight is 308 g/mol. The molecule has 1 atom stereocenters. The molecule has 0 spiro atoms. The quantitative estimate of drug-likeness (QED) is 0.546. The van der Waals surface area contributed by atoms with E-state index in [1.165, 1.54) is 31.2 Å². The molecular weight excluding hydrogens is 292 g/mol. The van der Waals surface area contributed by atoms with Crippen molar-refractivity contribution in [2.45, 2.75) is 32.2 Å². The fourth-order valence-electron chi connectivity index (χ4n) is 1.82. The molecule has 1 amide bonds. The smallest absolute Gasteiger partial charge is 0.326 e. The lowest BCUT2D eigenvalue weighted by molar-refractivity contribution is -0.384. The third-order valence-electron chi connectivity index (χ3n) is 2.90. The molecule has 118 valence electrons. The van der Waals surface area contributed by atoms with Gasteiger partial charge in [-0.15, -0.1) is 0 Å². The van der Waals surface area contributed by atoms with Crippen molar-refractivity contribution in [2.75, 3.05) is 0 Å². The van der Waals surface area contributed by atoms with E-state index in [0.29, 0.717) is 5.56 Å². The van der Waals surface area contributed by atoms with E-state index in [1.807, 2.05) is 0 Å². The fourth-order valence-corrected chi connectivity index (χ4v) is 1.82. The first-order valence-corrected chi connectivity index (χ1v) is 6.54. The third kappa shape index (κ3) is 5.70. The molecule has 0 heterocycles.